The average molecular weight is 289 g/mol. The second-order valence-corrected chi connectivity index (χ2v) is 6.19. The van der Waals surface area contributed by atoms with Gasteiger partial charge in [0.2, 0.25) is 5.91 Å². The van der Waals surface area contributed by atoms with Gasteiger partial charge < -0.3 is 14.5 Å². The van der Waals surface area contributed by atoms with Crippen molar-refractivity contribution >= 4 is 5.91 Å². The molecule has 1 aromatic rings. The molecule has 5 heteroatoms. The van der Waals surface area contributed by atoms with Crippen LogP contribution in [0.4, 0.5) is 0 Å². The molecule has 0 unspecified atom stereocenters. The van der Waals surface area contributed by atoms with Crippen molar-refractivity contribution in [2.45, 2.75) is 18.9 Å². The summed E-state index contributed by atoms with van der Waals surface area (Å²) >= 11 is 0. The third kappa shape index (κ3) is 3.60. The second-order valence-electron chi connectivity index (χ2n) is 6.19. The molecule has 1 aromatic heterocycles. The van der Waals surface area contributed by atoms with E-state index in [1.54, 1.807) is 6.20 Å². The molecule has 21 heavy (non-hydrogen) atoms. The highest BCUT2D eigenvalue weighted by Gasteiger charge is 2.34. The van der Waals surface area contributed by atoms with Crippen molar-refractivity contribution in [3.63, 3.8) is 0 Å². The van der Waals surface area contributed by atoms with Gasteiger partial charge in [0.1, 0.15) is 0 Å². The van der Waals surface area contributed by atoms with E-state index in [0.29, 0.717) is 18.9 Å². The third-order valence-electron chi connectivity index (χ3n) is 4.32. The zero-order valence-corrected chi connectivity index (χ0v) is 12.6. The third-order valence-corrected chi connectivity index (χ3v) is 4.32. The highest BCUT2D eigenvalue weighted by atomic mass is 16.5. The number of amides is 1. The van der Waals surface area contributed by atoms with E-state index in [9.17, 15) is 4.79 Å². The molecule has 1 amide bonds. The van der Waals surface area contributed by atoms with E-state index in [0.717, 1.165) is 38.2 Å². The Kier molecular flexibility index (Phi) is 4.51. The van der Waals surface area contributed by atoms with Crippen LogP contribution in [0, 0.1) is 5.92 Å². The molecule has 2 bridgehead atoms. The second kappa shape index (κ2) is 6.54. The summed E-state index contributed by atoms with van der Waals surface area (Å²) in [5, 5.41) is 0. The van der Waals surface area contributed by atoms with Crippen LogP contribution < -0.4 is 0 Å². The van der Waals surface area contributed by atoms with Crippen molar-refractivity contribution in [2.24, 2.45) is 5.92 Å². The van der Waals surface area contributed by atoms with Gasteiger partial charge in [0.05, 0.1) is 19.3 Å². The number of likely N-dealkylation sites (N-methyl/N-ethyl adjacent to an activating group) is 1. The van der Waals surface area contributed by atoms with Gasteiger partial charge in [-0.25, -0.2) is 0 Å². The average Bonchev–Trinajstić information content (AvgIpc) is 2.76. The summed E-state index contributed by atoms with van der Waals surface area (Å²) in [5.74, 6) is 0.680. The number of pyridine rings is 1. The van der Waals surface area contributed by atoms with Crippen LogP contribution >= 0.6 is 0 Å². The predicted molar refractivity (Wildman–Crippen MR) is 79.9 cm³/mol. The molecule has 5 nitrogen and oxygen atoms in total. The molecule has 2 saturated heterocycles. The standard InChI is InChI=1S/C16H23N3O2/c1-18-8-14-9-19(15(10-18)12-21-11-14)16(20)5-4-13-3-2-6-17-7-13/h2-3,6-7,14-15H,4-5,8-12H2,1H3/t14-,15-/m0/s1. The molecule has 0 aromatic carbocycles. The molecule has 3 heterocycles. The maximum Gasteiger partial charge on any atom is 0.223 e. The van der Waals surface area contributed by atoms with Crippen molar-refractivity contribution < 1.29 is 9.53 Å². The van der Waals surface area contributed by atoms with Crippen LogP contribution in [0.25, 0.3) is 0 Å². The molecule has 3 rings (SSSR count). The number of rotatable bonds is 3. The number of ether oxygens (including phenoxy) is 1. The lowest BCUT2D eigenvalue weighted by Crippen LogP contribution is -2.46. The molecule has 2 fully saturated rings. The van der Waals surface area contributed by atoms with Crippen LogP contribution in [0.2, 0.25) is 0 Å². The van der Waals surface area contributed by atoms with Crippen molar-refractivity contribution in [1.82, 2.24) is 14.8 Å². The number of carbonyl (C=O) groups excluding carboxylic acids is 1. The van der Waals surface area contributed by atoms with E-state index in [-0.39, 0.29) is 11.9 Å². The summed E-state index contributed by atoms with van der Waals surface area (Å²) in [6, 6.07) is 4.14. The fourth-order valence-corrected chi connectivity index (χ4v) is 3.32. The van der Waals surface area contributed by atoms with Crippen molar-refractivity contribution in [1.29, 1.82) is 0 Å². The van der Waals surface area contributed by atoms with Crippen LogP contribution in [0.5, 0.6) is 0 Å². The summed E-state index contributed by atoms with van der Waals surface area (Å²) in [7, 11) is 2.13. The summed E-state index contributed by atoms with van der Waals surface area (Å²) < 4.78 is 5.72. The van der Waals surface area contributed by atoms with Gasteiger partial charge in [0, 0.05) is 44.4 Å². The Balaban J connectivity index is 1.63. The summed E-state index contributed by atoms with van der Waals surface area (Å²) in [5.41, 5.74) is 1.12. The van der Waals surface area contributed by atoms with Crippen LogP contribution in [-0.4, -0.2) is 66.6 Å². The van der Waals surface area contributed by atoms with E-state index in [1.807, 2.05) is 18.3 Å². The maximum absolute atomic E-state index is 12.6. The summed E-state index contributed by atoms with van der Waals surface area (Å²) in [6.07, 6.45) is 4.91. The minimum atomic E-state index is 0.198. The molecular weight excluding hydrogens is 266 g/mol. The van der Waals surface area contributed by atoms with Gasteiger partial charge >= 0.3 is 0 Å². The van der Waals surface area contributed by atoms with Gasteiger partial charge in [0.25, 0.3) is 0 Å². The normalized spacial score (nSPS) is 26.4. The van der Waals surface area contributed by atoms with Crippen LogP contribution in [-0.2, 0) is 16.0 Å². The number of nitrogens with zero attached hydrogens (tertiary/aromatic N) is 3. The molecule has 2 atom stereocenters. The van der Waals surface area contributed by atoms with Gasteiger partial charge in [-0.15, -0.1) is 0 Å². The highest BCUT2D eigenvalue weighted by molar-refractivity contribution is 5.77. The first kappa shape index (κ1) is 14.5. The Hall–Kier alpha value is -1.46. The van der Waals surface area contributed by atoms with Gasteiger partial charge in [-0.05, 0) is 25.1 Å². The fourth-order valence-electron chi connectivity index (χ4n) is 3.32. The number of aryl methyl sites for hydroxylation is 1. The van der Waals surface area contributed by atoms with E-state index in [1.165, 1.54) is 0 Å². The minimum Gasteiger partial charge on any atom is -0.379 e. The van der Waals surface area contributed by atoms with Crippen molar-refractivity contribution in [3.05, 3.63) is 30.1 Å². The van der Waals surface area contributed by atoms with Gasteiger partial charge in [0.15, 0.2) is 0 Å². The molecule has 2 aliphatic heterocycles. The summed E-state index contributed by atoms with van der Waals surface area (Å²) in [6.45, 7) is 4.20. The highest BCUT2D eigenvalue weighted by Crippen LogP contribution is 2.20. The Morgan fingerprint density at radius 3 is 3.10 bits per heavy atom. The van der Waals surface area contributed by atoms with Crippen molar-refractivity contribution in [3.8, 4) is 0 Å². The number of hydrogen-bond donors (Lipinski definition) is 0. The van der Waals surface area contributed by atoms with Gasteiger partial charge in [-0.3, -0.25) is 9.78 Å². The lowest BCUT2D eigenvalue weighted by molar-refractivity contribution is -0.133. The molecule has 2 aliphatic rings. The molecule has 114 valence electrons. The Morgan fingerprint density at radius 2 is 2.29 bits per heavy atom. The lowest BCUT2D eigenvalue weighted by atomic mass is 10.1. The quantitative estimate of drug-likeness (QED) is 0.826. The Morgan fingerprint density at radius 1 is 1.38 bits per heavy atom. The molecule has 0 N–H and O–H groups in total. The molecule has 0 spiro atoms. The predicted octanol–water partition coefficient (Wildman–Crippen LogP) is 0.803. The molecule has 0 radical (unpaired) electrons. The van der Waals surface area contributed by atoms with Gasteiger partial charge in [-0.1, -0.05) is 6.07 Å². The monoisotopic (exact) mass is 289 g/mol. The first-order chi connectivity index (χ1) is 10.2. The SMILES string of the molecule is CN1C[C@@H]2COC[C@H](C1)N(C(=O)CCc1cccnc1)C2. The first-order valence-corrected chi connectivity index (χ1v) is 7.67. The van der Waals surface area contributed by atoms with E-state index in [2.05, 4.69) is 21.8 Å². The number of hydrogen-bond acceptors (Lipinski definition) is 4. The Bertz CT molecular complexity index is 480. The lowest BCUT2D eigenvalue weighted by Gasteiger charge is -2.29. The smallest absolute Gasteiger partial charge is 0.223 e. The van der Waals surface area contributed by atoms with Crippen LogP contribution in [0.15, 0.2) is 24.5 Å². The van der Waals surface area contributed by atoms with Crippen LogP contribution in [0.3, 0.4) is 0 Å². The van der Waals surface area contributed by atoms with Crippen molar-refractivity contribution in [2.75, 3.05) is 39.9 Å². The molecule has 0 saturated carbocycles. The van der Waals surface area contributed by atoms with E-state index >= 15 is 0 Å². The fraction of sp³-hybridized carbons (Fsp3) is 0.625. The summed E-state index contributed by atoms with van der Waals surface area (Å²) in [4.78, 5) is 21.1. The largest absolute Gasteiger partial charge is 0.379 e. The van der Waals surface area contributed by atoms with Crippen LogP contribution in [0.1, 0.15) is 12.0 Å². The zero-order chi connectivity index (χ0) is 14.7. The molecular formula is C16H23N3O2. The Labute approximate surface area is 125 Å². The minimum absolute atomic E-state index is 0.198. The topological polar surface area (TPSA) is 45.7 Å². The first-order valence-electron chi connectivity index (χ1n) is 7.67. The molecule has 0 aliphatic carbocycles. The van der Waals surface area contributed by atoms with E-state index < -0.39 is 0 Å². The maximum atomic E-state index is 12.6. The van der Waals surface area contributed by atoms with Gasteiger partial charge in [-0.2, -0.15) is 0 Å². The number of aromatic nitrogens is 1. The number of fused-ring (bicyclic) bond motifs is 3. The van der Waals surface area contributed by atoms with E-state index in [4.69, 9.17) is 4.74 Å². The zero-order valence-electron chi connectivity index (χ0n) is 12.6. The number of carbonyl (C=O) groups is 1.